The number of ether oxygens (including phenoxy) is 1. The minimum absolute atomic E-state index is 0.491. The van der Waals surface area contributed by atoms with Crippen LogP contribution in [0.15, 0.2) is 42.5 Å². The number of alkyl halides is 1. The monoisotopic (exact) mass is 266 g/mol. The average molecular weight is 267 g/mol. The van der Waals surface area contributed by atoms with E-state index in [0.717, 1.165) is 27.5 Å². The summed E-state index contributed by atoms with van der Waals surface area (Å²) in [7, 11) is 1.66. The van der Waals surface area contributed by atoms with Crippen LogP contribution in [0.5, 0.6) is 5.75 Å². The van der Waals surface area contributed by atoms with Gasteiger partial charge in [-0.15, -0.1) is 11.6 Å². The van der Waals surface area contributed by atoms with E-state index in [2.05, 4.69) is 0 Å². The van der Waals surface area contributed by atoms with Gasteiger partial charge in [-0.3, -0.25) is 0 Å². The van der Waals surface area contributed by atoms with Crippen LogP contribution in [0.4, 0.5) is 0 Å². The molecule has 17 heavy (non-hydrogen) atoms. The lowest BCUT2D eigenvalue weighted by molar-refractivity contribution is 0.416. The third-order valence-electron chi connectivity index (χ3n) is 2.57. The predicted octanol–water partition coefficient (Wildman–Crippen LogP) is 4.75. The Labute approximate surface area is 111 Å². The molecular weight excluding hydrogens is 255 g/mol. The summed E-state index contributed by atoms with van der Waals surface area (Å²) in [6.45, 7) is 0. The third kappa shape index (κ3) is 2.74. The zero-order valence-electron chi connectivity index (χ0n) is 9.41. The van der Waals surface area contributed by atoms with E-state index < -0.39 is 0 Å². The van der Waals surface area contributed by atoms with Crippen LogP contribution >= 0.6 is 23.2 Å². The van der Waals surface area contributed by atoms with Crippen molar-refractivity contribution in [3.63, 3.8) is 0 Å². The Kier molecular flexibility index (Phi) is 3.93. The Bertz CT molecular complexity index is 506. The molecule has 0 amide bonds. The molecule has 0 N–H and O–H groups in total. The zero-order valence-corrected chi connectivity index (χ0v) is 10.9. The van der Waals surface area contributed by atoms with Crippen molar-refractivity contribution in [2.45, 2.75) is 5.88 Å². The van der Waals surface area contributed by atoms with Gasteiger partial charge < -0.3 is 4.74 Å². The van der Waals surface area contributed by atoms with Gasteiger partial charge in [0.2, 0.25) is 0 Å². The van der Waals surface area contributed by atoms with E-state index in [-0.39, 0.29) is 0 Å². The lowest BCUT2D eigenvalue weighted by Crippen LogP contribution is -1.89. The van der Waals surface area contributed by atoms with Gasteiger partial charge in [-0.1, -0.05) is 29.8 Å². The SMILES string of the molecule is COc1ccc(CCl)cc1-c1ccc(Cl)cc1. The summed E-state index contributed by atoms with van der Waals surface area (Å²) < 4.78 is 5.35. The third-order valence-corrected chi connectivity index (χ3v) is 3.13. The second kappa shape index (κ2) is 5.44. The summed E-state index contributed by atoms with van der Waals surface area (Å²) in [5.74, 6) is 1.33. The smallest absolute Gasteiger partial charge is 0.126 e. The number of methoxy groups -OCH3 is 1. The standard InChI is InChI=1S/C14H12Cl2O/c1-17-14-7-2-10(9-15)8-13(14)11-3-5-12(16)6-4-11/h2-8H,9H2,1H3. The van der Waals surface area contributed by atoms with Gasteiger partial charge in [0.1, 0.15) is 5.75 Å². The Morgan fingerprint density at radius 2 is 1.76 bits per heavy atom. The molecular formula is C14H12Cl2O. The van der Waals surface area contributed by atoms with Crippen molar-refractivity contribution in [1.29, 1.82) is 0 Å². The van der Waals surface area contributed by atoms with Gasteiger partial charge in [0.15, 0.2) is 0 Å². The molecule has 88 valence electrons. The molecule has 0 aliphatic rings. The average Bonchev–Trinajstić information content (AvgIpc) is 2.39. The molecule has 0 aromatic heterocycles. The molecule has 0 aliphatic heterocycles. The Hall–Kier alpha value is -1.18. The Morgan fingerprint density at radius 1 is 1.06 bits per heavy atom. The molecule has 0 aliphatic carbocycles. The normalized spacial score (nSPS) is 10.3. The summed E-state index contributed by atoms with van der Waals surface area (Å²) in [4.78, 5) is 0. The van der Waals surface area contributed by atoms with Crippen molar-refractivity contribution in [2.75, 3.05) is 7.11 Å². The molecule has 0 atom stereocenters. The van der Waals surface area contributed by atoms with Gasteiger partial charge in [-0.2, -0.15) is 0 Å². The number of rotatable bonds is 3. The first-order valence-corrected chi connectivity index (χ1v) is 6.14. The van der Waals surface area contributed by atoms with Crippen LogP contribution in [0.25, 0.3) is 11.1 Å². The molecule has 0 saturated heterocycles. The van der Waals surface area contributed by atoms with Gasteiger partial charge in [0.25, 0.3) is 0 Å². The van der Waals surface area contributed by atoms with Gasteiger partial charge in [-0.25, -0.2) is 0 Å². The number of benzene rings is 2. The second-order valence-electron chi connectivity index (χ2n) is 3.68. The van der Waals surface area contributed by atoms with E-state index in [1.807, 2.05) is 42.5 Å². The predicted molar refractivity (Wildman–Crippen MR) is 73.0 cm³/mol. The van der Waals surface area contributed by atoms with Crippen molar-refractivity contribution in [1.82, 2.24) is 0 Å². The van der Waals surface area contributed by atoms with E-state index in [4.69, 9.17) is 27.9 Å². The summed E-state index contributed by atoms with van der Waals surface area (Å²) in [6, 6.07) is 13.6. The van der Waals surface area contributed by atoms with Crippen LogP contribution in [0.3, 0.4) is 0 Å². The number of hydrogen-bond donors (Lipinski definition) is 0. The highest BCUT2D eigenvalue weighted by molar-refractivity contribution is 6.30. The number of hydrogen-bond acceptors (Lipinski definition) is 1. The van der Waals surface area contributed by atoms with E-state index >= 15 is 0 Å². The van der Waals surface area contributed by atoms with Gasteiger partial charge in [0, 0.05) is 16.5 Å². The highest BCUT2D eigenvalue weighted by Crippen LogP contribution is 2.31. The maximum atomic E-state index is 5.88. The van der Waals surface area contributed by atoms with Crippen LogP contribution in [-0.4, -0.2) is 7.11 Å². The molecule has 0 heterocycles. The highest BCUT2D eigenvalue weighted by atomic mass is 35.5. The van der Waals surface area contributed by atoms with Crippen molar-refractivity contribution < 1.29 is 4.74 Å². The van der Waals surface area contributed by atoms with E-state index in [1.54, 1.807) is 7.11 Å². The van der Waals surface area contributed by atoms with E-state index in [9.17, 15) is 0 Å². The molecule has 2 aromatic rings. The summed E-state index contributed by atoms with van der Waals surface area (Å²) in [6.07, 6.45) is 0. The van der Waals surface area contributed by atoms with Crippen LogP contribution in [0.1, 0.15) is 5.56 Å². The van der Waals surface area contributed by atoms with Gasteiger partial charge >= 0.3 is 0 Å². The molecule has 2 aromatic carbocycles. The molecule has 1 nitrogen and oxygen atoms in total. The molecule has 0 unspecified atom stereocenters. The van der Waals surface area contributed by atoms with Gasteiger partial charge in [0.05, 0.1) is 7.11 Å². The maximum Gasteiger partial charge on any atom is 0.126 e. The summed E-state index contributed by atoms with van der Waals surface area (Å²) >= 11 is 11.7. The first-order valence-electron chi connectivity index (χ1n) is 5.23. The minimum Gasteiger partial charge on any atom is -0.496 e. The molecule has 0 bridgehead atoms. The first-order chi connectivity index (χ1) is 8.24. The van der Waals surface area contributed by atoms with Crippen molar-refractivity contribution in [3.05, 3.63) is 53.1 Å². The van der Waals surface area contributed by atoms with Crippen molar-refractivity contribution >= 4 is 23.2 Å². The highest BCUT2D eigenvalue weighted by Gasteiger charge is 2.06. The van der Waals surface area contributed by atoms with E-state index in [0.29, 0.717) is 5.88 Å². The Balaban J connectivity index is 2.51. The molecule has 0 radical (unpaired) electrons. The fourth-order valence-electron chi connectivity index (χ4n) is 1.69. The topological polar surface area (TPSA) is 9.23 Å². The molecule has 2 rings (SSSR count). The van der Waals surface area contributed by atoms with Crippen LogP contribution in [0.2, 0.25) is 5.02 Å². The summed E-state index contributed by atoms with van der Waals surface area (Å²) in [5.41, 5.74) is 3.16. The number of halogens is 2. The van der Waals surface area contributed by atoms with Crippen molar-refractivity contribution in [3.8, 4) is 16.9 Å². The summed E-state index contributed by atoms with van der Waals surface area (Å²) in [5, 5.41) is 0.723. The fourth-order valence-corrected chi connectivity index (χ4v) is 1.99. The second-order valence-corrected chi connectivity index (χ2v) is 4.38. The maximum absolute atomic E-state index is 5.88. The fraction of sp³-hybridized carbons (Fsp3) is 0.143. The molecule has 0 spiro atoms. The van der Waals surface area contributed by atoms with Crippen LogP contribution in [0, 0.1) is 0 Å². The largest absolute Gasteiger partial charge is 0.496 e. The minimum atomic E-state index is 0.491. The quantitative estimate of drug-likeness (QED) is 0.729. The van der Waals surface area contributed by atoms with Crippen LogP contribution in [-0.2, 0) is 5.88 Å². The lowest BCUT2D eigenvalue weighted by atomic mass is 10.0. The molecule has 0 saturated carbocycles. The van der Waals surface area contributed by atoms with Crippen LogP contribution < -0.4 is 4.74 Å². The lowest BCUT2D eigenvalue weighted by Gasteiger charge is -2.10. The Morgan fingerprint density at radius 3 is 2.35 bits per heavy atom. The van der Waals surface area contributed by atoms with E-state index in [1.165, 1.54) is 0 Å². The zero-order chi connectivity index (χ0) is 12.3. The molecule has 3 heteroatoms. The van der Waals surface area contributed by atoms with Gasteiger partial charge in [-0.05, 0) is 35.4 Å². The van der Waals surface area contributed by atoms with Crippen molar-refractivity contribution in [2.24, 2.45) is 0 Å². The first kappa shape index (κ1) is 12.3. The molecule has 0 fully saturated rings.